The van der Waals surface area contributed by atoms with Crippen LogP contribution in [0.4, 0.5) is 11.4 Å². The van der Waals surface area contributed by atoms with E-state index in [0.29, 0.717) is 5.92 Å². The second kappa shape index (κ2) is 4.17. The Bertz CT molecular complexity index is 281. The number of anilines is 2. The molecule has 0 aliphatic carbocycles. The maximum absolute atomic E-state index is 5.78. The van der Waals surface area contributed by atoms with E-state index in [1.807, 2.05) is 13.1 Å². The highest BCUT2D eigenvalue weighted by Gasteiger charge is 2.04. The number of hydrogen-bond donors (Lipinski definition) is 2. The molecule has 0 aromatic heterocycles. The van der Waals surface area contributed by atoms with Crippen molar-refractivity contribution in [1.82, 2.24) is 0 Å². The first-order chi connectivity index (χ1) is 6.19. The molecule has 0 aliphatic rings. The van der Waals surface area contributed by atoms with Crippen molar-refractivity contribution in [3.63, 3.8) is 0 Å². The van der Waals surface area contributed by atoms with Crippen LogP contribution in [0.1, 0.15) is 31.7 Å². The summed E-state index contributed by atoms with van der Waals surface area (Å²) in [5.74, 6) is 0.604. The Hall–Kier alpha value is -1.18. The molecule has 1 rings (SSSR count). The molecule has 3 N–H and O–H groups in total. The van der Waals surface area contributed by atoms with Gasteiger partial charge in [0.1, 0.15) is 0 Å². The van der Waals surface area contributed by atoms with Crippen molar-refractivity contribution in [2.45, 2.75) is 26.2 Å². The number of rotatable bonds is 3. The van der Waals surface area contributed by atoms with Crippen molar-refractivity contribution in [2.24, 2.45) is 0 Å². The van der Waals surface area contributed by atoms with Crippen molar-refractivity contribution >= 4 is 11.4 Å². The highest BCUT2D eigenvalue weighted by atomic mass is 14.8. The monoisotopic (exact) mass is 178 g/mol. The van der Waals surface area contributed by atoms with Gasteiger partial charge in [-0.1, -0.05) is 19.9 Å². The molecular formula is C11H18N2. The molecule has 0 aliphatic heterocycles. The first-order valence-corrected chi connectivity index (χ1v) is 4.76. The zero-order valence-corrected chi connectivity index (χ0v) is 8.59. The van der Waals surface area contributed by atoms with Crippen molar-refractivity contribution in [3.8, 4) is 0 Å². The maximum Gasteiger partial charge on any atom is 0.0574 e. The van der Waals surface area contributed by atoms with Gasteiger partial charge in [-0.25, -0.2) is 0 Å². The number of nitrogen functional groups attached to an aromatic ring is 1. The van der Waals surface area contributed by atoms with Crippen LogP contribution < -0.4 is 11.1 Å². The maximum atomic E-state index is 5.78. The second-order valence-corrected chi connectivity index (χ2v) is 3.41. The van der Waals surface area contributed by atoms with Crippen LogP contribution in [0.5, 0.6) is 0 Å². The molecule has 1 aromatic rings. The largest absolute Gasteiger partial charge is 0.397 e. The van der Waals surface area contributed by atoms with E-state index in [1.54, 1.807) is 0 Å². The van der Waals surface area contributed by atoms with E-state index in [0.717, 1.165) is 17.8 Å². The van der Waals surface area contributed by atoms with Gasteiger partial charge < -0.3 is 11.1 Å². The molecule has 2 heteroatoms. The molecular weight excluding hydrogens is 160 g/mol. The van der Waals surface area contributed by atoms with Gasteiger partial charge in [0.15, 0.2) is 0 Å². The molecule has 0 bridgehead atoms. The summed E-state index contributed by atoms with van der Waals surface area (Å²) in [5.41, 5.74) is 8.97. The minimum absolute atomic E-state index is 0.604. The van der Waals surface area contributed by atoms with Gasteiger partial charge in [0.05, 0.1) is 11.4 Å². The standard InChI is InChI=1S/C11H18N2/c1-4-8(2)9-5-6-10(12)11(7-9)13-3/h5-8,13H,4,12H2,1-3H3. The van der Waals surface area contributed by atoms with Crippen LogP contribution in [0.3, 0.4) is 0 Å². The van der Waals surface area contributed by atoms with Gasteiger partial charge in [-0.3, -0.25) is 0 Å². The van der Waals surface area contributed by atoms with E-state index in [9.17, 15) is 0 Å². The van der Waals surface area contributed by atoms with E-state index in [2.05, 4.69) is 31.3 Å². The summed E-state index contributed by atoms with van der Waals surface area (Å²) in [6.07, 6.45) is 1.16. The molecule has 0 saturated heterocycles. The lowest BCUT2D eigenvalue weighted by molar-refractivity contribution is 0.734. The van der Waals surface area contributed by atoms with E-state index in [-0.39, 0.29) is 0 Å². The number of benzene rings is 1. The molecule has 0 saturated carbocycles. The number of nitrogens with two attached hydrogens (primary N) is 1. The summed E-state index contributed by atoms with van der Waals surface area (Å²) >= 11 is 0. The van der Waals surface area contributed by atoms with Crippen molar-refractivity contribution in [1.29, 1.82) is 0 Å². The first kappa shape index (κ1) is 9.90. The van der Waals surface area contributed by atoms with Gasteiger partial charge in [0.2, 0.25) is 0 Å². The summed E-state index contributed by atoms with van der Waals surface area (Å²) < 4.78 is 0. The molecule has 1 atom stereocenters. The van der Waals surface area contributed by atoms with E-state index < -0.39 is 0 Å². The highest BCUT2D eigenvalue weighted by molar-refractivity contribution is 5.66. The van der Waals surface area contributed by atoms with Gasteiger partial charge >= 0.3 is 0 Å². The van der Waals surface area contributed by atoms with Crippen molar-refractivity contribution < 1.29 is 0 Å². The Labute approximate surface area is 80.1 Å². The lowest BCUT2D eigenvalue weighted by Gasteiger charge is -2.12. The molecule has 0 heterocycles. The van der Waals surface area contributed by atoms with Crippen molar-refractivity contribution in [3.05, 3.63) is 23.8 Å². The van der Waals surface area contributed by atoms with Crippen LogP contribution in [-0.2, 0) is 0 Å². The lowest BCUT2D eigenvalue weighted by atomic mass is 9.98. The summed E-state index contributed by atoms with van der Waals surface area (Å²) in [5, 5.41) is 3.09. The second-order valence-electron chi connectivity index (χ2n) is 3.41. The summed E-state index contributed by atoms with van der Waals surface area (Å²) in [6.45, 7) is 4.42. The Morgan fingerprint density at radius 3 is 2.69 bits per heavy atom. The molecule has 1 unspecified atom stereocenters. The predicted octanol–water partition coefficient (Wildman–Crippen LogP) is 2.82. The quantitative estimate of drug-likeness (QED) is 0.698. The van der Waals surface area contributed by atoms with Crippen LogP contribution in [0.15, 0.2) is 18.2 Å². The Morgan fingerprint density at radius 1 is 1.46 bits per heavy atom. The molecule has 13 heavy (non-hydrogen) atoms. The van der Waals surface area contributed by atoms with Crippen molar-refractivity contribution in [2.75, 3.05) is 18.1 Å². The summed E-state index contributed by atoms with van der Waals surface area (Å²) in [4.78, 5) is 0. The third kappa shape index (κ3) is 2.14. The average molecular weight is 178 g/mol. The number of nitrogens with one attached hydrogen (secondary N) is 1. The van der Waals surface area contributed by atoms with E-state index >= 15 is 0 Å². The topological polar surface area (TPSA) is 38.0 Å². The van der Waals surface area contributed by atoms with E-state index in [4.69, 9.17) is 5.73 Å². The van der Waals surface area contributed by atoms with Crippen LogP contribution >= 0.6 is 0 Å². The molecule has 0 amide bonds. The van der Waals surface area contributed by atoms with Crippen LogP contribution in [0.2, 0.25) is 0 Å². The highest BCUT2D eigenvalue weighted by Crippen LogP contribution is 2.25. The molecule has 0 spiro atoms. The average Bonchev–Trinajstić information content (AvgIpc) is 2.17. The van der Waals surface area contributed by atoms with Gasteiger partial charge in [0.25, 0.3) is 0 Å². The van der Waals surface area contributed by atoms with Crippen LogP contribution in [0.25, 0.3) is 0 Å². The normalized spacial score (nSPS) is 12.5. The Kier molecular flexibility index (Phi) is 3.18. The fourth-order valence-corrected chi connectivity index (χ4v) is 1.33. The number of hydrogen-bond acceptors (Lipinski definition) is 2. The van der Waals surface area contributed by atoms with Gasteiger partial charge in [-0.15, -0.1) is 0 Å². The Morgan fingerprint density at radius 2 is 2.15 bits per heavy atom. The van der Waals surface area contributed by atoms with Crippen LogP contribution in [-0.4, -0.2) is 7.05 Å². The zero-order chi connectivity index (χ0) is 9.84. The third-order valence-electron chi connectivity index (χ3n) is 2.53. The fourth-order valence-electron chi connectivity index (χ4n) is 1.33. The first-order valence-electron chi connectivity index (χ1n) is 4.76. The van der Waals surface area contributed by atoms with Gasteiger partial charge in [-0.2, -0.15) is 0 Å². The molecule has 2 nitrogen and oxygen atoms in total. The smallest absolute Gasteiger partial charge is 0.0574 e. The predicted molar refractivity (Wildman–Crippen MR) is 59.1 cm³/mol. The third-order valence-corrected chi connectivity index (χ3v) is 2.53. The molecule has 0 radical (unpaired) electrons. The minimum atomic E-state index is 0.604. The zero-order valence-electron chi connectivity index (χ0n) is 8.59. The van der Waals surface area contributed by atoms with Crippen LogP contribution in [0, 0.1) is 0 Å². The SMILES string of the molecule is CCC(C)c1ccc(N)c(NC)c1. The fraction of sp³-hybridized carbons (Fsp3) is 0.455. The summed E-state index contributed by atoms with van der Waals surface area (Å²) in [6, 6.07) is 6.20. The molecule has 1 aromatic carbocycles. The minimum Gasteiger partial charge on any atom is -0.397 e. The lowest BCUT2D eigenvalue weighted by Crippen LogP contribution is -1.98. The van der Waals surface area contributed by atoms with Gasteiger partial charge in [0, 0.05) is 7.05 Å². The molecule has 72 valence electrons. The van der Waals surface area contributed by atoms with E-state index in [1.165, 1.54) is 5.56 Å². The summed E-state index contributed by atoms with van der Waals surface area (Å²) in [7, 11) is 1.89. The van der Waals surface area contributed by atoms with Gasteiger partial charge in [-0.05, 0) is 30.0 Å². The molecule has 0 fully saturated rings. The Balaban J connectivity index is 2.99.